The second-order valence-electron chi connectivity index (χ2n) is 4.17. The molecule has 1 amide bonds. The molecule has 1 aliphatic rings. The summed E-state index contributed by atoms with van der Waals surface area (Å²) in [5.74, 6) is -1.88. The minimum atomic E-state index is -1.41. The number of carboxylic acid groups (broad SMARTS) is 1. The van der Waals surface area contributed by atoms with Crippen molar-refractivity contribution in [3.63, 3.8) is 0 Å². The van der Waals surface area contributed by atoms with Crippen LogP contribution in [-0.2, 0) is 23.8 Å². The fourth-order valence-corrected chi connectivity index (χ4v) is 1.68. The van der Waals surface area contributed by atoms with E-state index in [2.05, 4.69) is 14.8 Å². The monoisotopic (exact) mass is 313 g/mol. The van der Waals surface area contributed by atoms with Crippen LogP contribution in [0.3, 0.4) is 0 Å². The number of rotatable bonds is 7. The van der Waals surface area contributed by atoms with Crippen molar-refractivity contribution in [3.05, 3.63) is 0 Å². The van der Waals surface area contributed by atoms with Crippen LogP contribution >= 0.6 is 0 Å². The second kappa shape index (κ2) is 8.95. The Morgan fingerprint density at radius 2 is 1.95 bits per heavy atom. The molecule has 1 aliphatic heterocycles. The van der Waals surface area contributed by atoms with Crippen molar-refractivity contribution in [1.29, 1.82) is 0 Å². The fraction of sp³-hybridized carbons (Fsp3) is 0.727. The molecule has 1 N–H and O–H groups in total. The zero-order chi connectivity index (χ0) is 14.5. The molecule has 0 aromatic heterocycles. The van der Waals surface area contributed by atoms with Crippen molar-refractivity contribution in [2.24, 2.45) is 0 Å². The molecule has 0 aromatic rings. The second-order valence-corrected chi connectivity index (χ2v) is 4.17. The van der Waals surface area contributed by atoms with Crippen molar-refractivity contribution in [3.8, 4) is 0 Å². The molecular weight excluding hydrogens is 297 g/mol. The van der Waals surface area contributed by atoms with Crippen molar-refractivity contribution in [2.45, 2.75) is 30.9 Å². The van der Waals surface area contributed by atoms with Crippen LogP contribution in [0.5, 0.6) is 0 Å². The molecule has 1 fully saturated rings. The summed E-state index contributed by atoms with van der Waals surface area (Å²) in [6.07, 6.45) is -0.0524. The van der Waals surface area contributed by atoms with Gasteiger partial charge >= 0.3 is 63.4 Å². The van der Waals surface area contributed by atoms with E-state index < -0.39 is 29.7 Å². The number of carbonyl (C=O) groups is 3. The predicted molar refractivity (Wildman–Crippen MR) is 58.9 cm³/mol. The Hall–Kier alpha value is -0.194. The van der Waals surface area contributed by atoms with E-state index in [1.165, 1.54) is 7.11 Å². The molecule has 8 nitrogen and oxygen atoms in total. The van der Waals surface area contributed by atoms with Crippen LogP contribution in [0.25, 0.3) is 0 Å². The molecule has 2 unspecified atom stereocenters. The minimum Gasteiger partial charge on any atom is -0.548 e. The summed E-state index contributed by atoms with van der Waals surface area (Å²) in [5, 5.41) is 12.9. The number of alkyl carbamates (subject to hydrolysis) is 1. The first-order valence-electron chi connectivity index (χ1n) is 5.73. The number of methoxy groups -OCH3 is 2. The average Bonchev–Trinajstić information content (AvgIpc) is 3.17. The van der Waals surface area contributed by atoms with E-state index in [0.717, 1.165) is 7.11 Å². The third kappa shape index (κ3) is 5.66. The molecule has 108 valence electrons. The van der Waals surface area contributed by atoms with Gasteiger partial charge in [-0.2, -0.15) is 0 Å². The summed E-state index contributed by atoms with van der Waals surface area (Å²) in [5.41, 5.74) is -0.948. The molecule has 2 atom stereocenters. The molecule has 1 rings (SSSR count). The van der Waals surface area contributed by atoms with Crippen LogP contribution < -0.4 is 61.8 Å². The Kier molecular flexibility index (Phi) is 8.87. The van der Waals surface area contributed by atoms with Gasteiger partial charge in [-0.3, -0.25) is 0 Å². The number of ether oxygens (including phenoxy) is 3. The SMILES string of the molecule is COC(=O)NC(CCCC1(C(=O)OC)CO1)C(=O)[O-].[K+]. The van der Waals surface area contributed by atoms with Crippen molar-refractivity contribution in [1.82, 2.24) is 5.32 Å². The van der Waals surface area contributed by atoms with Gasteiger partial charge in [0.25, 0.3) is 0 Å². The molecule has 0 bridgehead atoms. The Balaban J connectivity index is 0.00000361. The maximum atomic E-state index is 11.4. The number of carboxylic acids is 1. The number of esters is 1. The fourth-order valence-electron chi connectivity index (χ4n) is 1.68. The third-order valence-corrected chi connectivity index (χ3v) is 2.89. The summed E-state index contributed by atoms with van der Waals surface area (Å²) < 4.78 is 13.9. The van der Waals surface area contributed by atoms with Gasteiger partial charge in [0, 0.05) is 0 Å². The number of hydrogen-bond acceptors (Lipinski definition) is 7. The molecule has 20 heavy (non-hydrogen) atoms. The van der Waals surface area contributed by atoms with E-state index in [-0.39, 0.29) is 64.4 Å². The van der Waals surface area contributed by atoms with E-state index in [0.29, 0.717) is 12.8 Å². The standard InChI is InChI=1S/C11H17NO7.K/c1-17-9(15)11(6-19-11)5-3-4-7(8(13)14)12-10(16)18-2;/h7H,3-6H2,1-2H3,(H,12,16)(H,13,14);/q;+1/p-1. The summed E-state index contributed by atoms with van der Waals surface area (Å²) in [6.45, 7) is 0.264. The first-order chi connectivity index (χ1) is 8.95. The number of nitrogens with one attached hydrogen (secondary N) is 1. The Morgan fingerprint density at radius 1 is 1.35 bits per heavy atom. The van der Waals surface area contributed by atoms with E-state index in [9.17, 15) is 19.5 Å². The predicted octanol–water partition coefficient (Wildman–Crippen LogP) is -4.42. The van der Waals surface area contributed by atoms with Crippen LogP contribution in [0.4, 0.5) is 4.79 Å². The molecule has 0 saturated carbocycles. The molecular formula is C11H16KNO7. The smallest absolute Gasteiger partial charge is 0.548 e. The van der Waals surface area contributed by atoms with Gasteiger partial charge in [0.1, 0.15) is 0 Å². The van der Waals surface area contributed by atoms with Crippen LogP contribution in [0, 0.1) is 0 Å². The topological polar surface area (TPSA) is 117 Å². The Bertz CT molecular complexity index is 370. The van der Waals surface area contributed by atoms with Gasteiger partial charge < -0.3 is 29.4 Å². The van der Waals surface area contributed by atoms with Gasteiger partial charge in [0.05, 0.1) is 32.8 Å². The molecule has 1 saturated heterocycles. The summed E-state index contributed by atoms with van der Waals surface area (Å²) in [7, 11) is 2.39. The molecule has 0 spiro atoms. The van der Waals surface area contributed by atoms with Gasteiger partial charge in [0.15, 0.2) is 5.60 Å². The van der Waals surface area contributed by atoms with Crippen LogP contribution in [-0.4, -0.2) is 50.5 Å². The Labute approximate surface area is 158 Å². The van der Waals surface area contributed by atoms with E-state index in [1.807, 2.05) is 0 Å². The molecule has 0 aromatic carbocycles. The van der Waals surface area contributed by atoms with Crippen molar-refractivity contribution in [2.75, 3.05) is 20.8 Å². The van der Waals surface area contributed by atoms with Gasteiger partial charge in [-0.15, -0.1) is 0 Å². The normalized spacial score (nSPS) is 21.1. The van der Waals surface area contributed by atoms with Crippen LogP contribution in [0.2, 0.25) is 0 Å². The number of aliphatic carboxylic acids is 1. The molecule has 0 radical (unpaired) electrons. The number of hydrogen-bond donors (Lipinski definition) is 1. The zero-order valence-electron chi connectivity index (χ0n) is 11.8. The summed E-state index contributed by atoms with van der Waals surface area (Å²) in [6, 6.07) is -1.17. The number of amides is 1. The first-order valence-corrected chi connectivity index (χ1v) is 5.73. The quantitative estimate of drug-likeness (QED) is 0.286. The van der Waals surface area contributed by atoms with E-state index in [4.69, 9.17) is 4.74 Å². The van der Waals surface area contributed by atoms with Gasteiger partial charge in [0.2, 0.25) is 0 Å². The third-order valence-electron chi connectivity index (χ3n) is 2.89. The number of epoxide rings is 1. The maximum Gasteiger partial charge on any atom is 1.00 e. The van der Waals surface area contributed by atoms with Crippen LogP contribution in [0.1, 0.15) is 19.3 Å². The van der Waals surface area contributed by atoms with E-state index >= 15 is 0 Å². The summed E-state index contributed by atoms with van der Waals surface area (Å²) in [4.78, 5) is 33.1. The van der Waals surface area contributed by atoms with E-state index in [1.54, 1.807) is 0 Å². The number of carbonyl (C=O) groups excluding carboxylic acids is 3. The first kappa shape index (κ1) is 19.8. The molecule has 0 aliphatic carbocycles. The van der Waals surface area contributed by atoms with Gasteiger partial charge in [-0.1, -0.05) is 0 Å². The molecule has 1 heterocycles. The van der Waals surface area contributed by atoms with Crippen molar-refractivity contribution < 1.29 is 85.1 Å². The molecule has 9 heteroatoms. The van der Waals surface area contributed by atoms with Crippen molar-refractivity contribution >= 4 is 18.0 Å². The minimum absolute atomic E-state index is 0. The largest absolute Gasteiger partial charge is 1.00 e. The Morgan fingerprint density at radius 3 is 2.35 bits per heavy atom. The van der Waals surface area contributed by atoms with Gasteiger partial charge in [-0.25, -0.2) is 9.59 Å². The van der Waals surface area contributed by atoms with Gasteiger partial charge in [-0.05, 0) is 19.3 Å². The average molecular weight is 313 g/mol. The maximum absolute atomic E-state index is 11.4. The van der Waals surface area contributed by atoms with Crippen LogP contribution in [0.15, 0.2) is 0 Å². The zero-order valence-corrected chi connectivity index (χ0v) is 14.9. The summed E-state index contributed by atoms with van der Waals surface area (Å²) >= 11 is 0.